The molecule has 2 heterocycles. The number of benzene rings is 2. The standard InChI is InChI=1S/C24H23N5O2/c1-3-30-20-12-14-21(15-13-20)31-24-22(17-26-27-23-11-7-8-16-25-23)18(2)28-29(24)19-9-5-4-6-10-19/h4-17H,3H2,1-2H3,(H,25,27). The van der Waals surface area contributed by atoms with Crippen molar-refractivity contribution in [2.24, 2.45) is 5.10 Å². The molecule has 0 saturated heterocycles. The van der Waals surface area contributed by atoms with Crippen molar-refractivity contribution in [3.8, 4) is 23.1 Å². The lowest BCUT2D eigenvalue weighted by molar-refractivity contribution is 0.339. The van der Waals surface area contributed by atoms with E-state index in [-0.39, 0.29) is 0 Å². The SMILES string of the molecule is CCOc1ccc(Oc2c(C=NNc3ccccn3)c(C)nn2-c2ccccc2)cc1. The topological polar surface area (TPSA) is 73.6 Å². The Balaban J connectivity index is 1.67. The van der Waals surface area contributed by atoms with Gasteiger partial charge in [-0.3, -0.25) is 5.43 Å². The number of pyridine rings is 1. The van der Waals surface area contributed by atoms with Gasteiger partial charge >= 0.3 is 0 Å². The smallest absolute Gasteiger partial charge is 0.231 e. The maximum atomic E-state index is 6.26. The molecule has 0 aliphatic carbocycles. The normalized spacial score (nSPS) is 10.9. The van der Waals surface area contributed by atoms with E-state index in [1.165, 1.54) is 0 Å². The maximum absolute atomic E-state index is 6.26. The van der Waals surface area contributed by atoms with Crippen molar-refractivity contribution < 1.29 is 9.47 Å². The third-order valence-corrected chi connectivity index (χ3v) is 4.45. The molecule has 156 valence electrons. The summed E-state index contributed by atoms with van der Waals surface area (Å²) in [6, 6.07) is 22.9. The summed E-state index contributed by atoms with van der Waals surface area (Å²) in [6.07, 6.45) is 3.40. The van der Waals surface area contributed by atoms with E-state index in [1.807, 2.05) is 86.6 Å². The minimum absolute atomic E-state index is 0.569. The van der Waals surface area contributed by atoms with Gasteiger partial charge in [0, 0.05) is 6.20 Å². The summed E-state index contributed by atoms with van der Waals surface area (Å²) in [5.74, 6) is 2.69. The number of aromatic nitrogens is 3. The zero-order valence-electron chi connectivity index (χ0n) is 17.4. The molecule has 2 aromatic heterocycles. The van der Waals surface area contributed by atoms with Gasteiger partial charge in [-0.1, -0.05) is 24.3 Å². The Kier molecular flexibility index (Phi) is 6.23. The summed E-state index contributed by atoms with van der Waals surface area (Å²) >= 11 is 0. The van der Waals surface area contributed by atoms with Crippen molar-refractivity contribution in [2.45, 2.75) is 13.8 Å². The molecule has 1 N–H and O–H groups in total. The highest BCUT2D eigenvalue weighted by molar-refractivity contribution is 5.85. The number of hydrogen-bond acceptors (Lipinski definition) is 6. The van der Waals surface area contributed by atoms with Crippen LogP contribution in [-0.2, 0) is 0 Å². The Morgan fingerprint density at radius 3 is 2.42 bits per heavy atom. The van der Waals surface area contributed by atoms with Crippen molar-refractivity contribution in [2.75, 3.05) is 12.0 Å². The highest BCUT2D eigenvalue weighted by Gasteiger charge is 2.18. The fourth-order valence-electron chi connectivity index (χ4n) is 2.98. The van der Waals surface area contributed by atoms with Crippen LogP contribution in [0.25, 0.3) is 5.69 Å². The molecule has 0 amide bonds. The number of para-hydroxylation sites is 1. The third-order valence-electron chi connectivity index (χ3n) is 4.45. The van der Waals surface area contributed by atoms with E-state index in [9.17, 15) is 0 Å². The molecule has 0 spiro atoms. The van der Waals surface area contributed by atoms with E-state index < -0.39 is 0 Å². The highest BCUT2D eigenvalue weighted by Crippen LogP contribution is 2.30. The van der Waals surface area contributed by atoms with Gasteiger partial charge in [-0.15, -0.1) is 0 Å². The molecular formula is C24H23N5O2. The van der Waals surface area contributed by atoms with Gasteiger partial charge in [0.25, 0.3) is 0 Å². The first-order valence-corrected chi connectivity index (χ1v) is 10.0. The van der Waals surface area contributed by atoms with Crippen LogP contribution in [-0.4, -0.2) is 27.6 Å². The van der Waals surface area contributed by atoms with Crippen molar-refractivity contribution in [1.29, 1.82) is 0 Å². The summed E-state index contributed by atoms with van der Waals surface area (Å²) in [5.41, 5.74) is 5.38. The molecule has 4 aromatic rings. The van der Waals surface area contributed by atoms with E-state index in [4.69, 9.17) is 9.47 Å². The minimum atomic E-state index is 0.569. The minimum Gasteiger partial charge on any atom is -0.494 e. The molecule has 0 saturated carbocycles. The van der Waals surface area contributed by atoms with Crippen LogP contribution in [0.5, 0.6) is 17.4 Å². The van der Waals surface area contributed by atoms with Gasteiger partial charge in [0.05, 0.1) is 29.8 Å². The average molecular weight is 413 g/mol. The molecule has 7 heteroatoms. The predicted octanol–water partition coefficient (Wildman–Crippen LogP) is 5.21. The van der Waals surface area contributed by atoms with E-state index in [2.05, 4.69) is 20.6 Å². The van der Waals surface area contributed by atoms with Crippen LogP contribution in [0.4, 0.5) is 5.82 Å². The Hall–Kier alpha value is -4.13. The van der Waals surface area contributed by atoms with E-state index in [0.717, 1.165) is 22.7 Å². The third kappa shape index (κ3) is 4.90. The summed E-state index contributed by atoms with van der Waals surface area (Å²) in [7, 11) is 0. The first kappa shape index (κ1) is 20.2. The number of hydrogen-bond donors (Lipinski definition) is 1. The maximum Gasteiger partial charge on any atom is 0.231 e. The predicted molar refractivity (Wildman–Crippen MR) is 121 cm³/mol. The Bertz CT molecular complexity index is 1140. The van der Waals surface area contributed by atoms with Crippen LogP contribution in [0.3, 0.4) is 0 Å². The molecule has 31 heavy (non-hydrogen) atoms. The lowest BCUT2D eigenvalue weighted by atomic mass is 10.2. The van der Waals surface area contributed by atoms with Crippen molar-refractivity contribution >= 4 is 12.0 Å². The van der Waals surface area contributed by atoms with Gasteiger partial charge in [0.2, 0.25) is 5.88 Å². The van der Waals surface area contributed by atoms with Crippen LogP contribution in [0, 0.1) is 6.92 Å². The van der Waals surface area contributed by atoms with Crippen molar-refractivity contribution in [1.82, 2.24) is 14.8 Å². The zero-order chi connectivity index (χ0) is 21.5. The second-order valence-electron chi connectivity index (χ2n) is 6.64. The number of ether oxygens (including phenoxy) is 2. The largest absolute Gasteiger partial charge is 0.494 e. The molecule has 0 atom stereocenters. The molecule has 2 aromatic carbocycles. The molecule has 4 rings (SSSR count). The lowest BCUT2D eigenvalue weighted by Crippen LogP contribution is -2.01. The van der Waals surface area contributed by atoms with Crippen LogP contribution in [0.15, 0.2) is 84.1 Å². The lowest BCUT2D eigenvalue weighted by Gasteiger charge is -2.11. The number of nitrogens with one attached hydrogen (secondary N) is 1. The van der Waals surface area contributed by atoms with E-state index in [1.54, 1.807) is 17.1 Å². The van der Waals surface area contributed by atoms with Gasteiger partial charge in [0.15, 0.2) is 0 Å². The Morgan fingerprint density at radius 2 is 1.71 bits per heavy atom. The second kappa shape index (κ2) is 9.58. The van der Waals surface area contributed by atoms with E-state index >= 15 is 0 Å². The quantitative estimate of drug-likeness (QED) is 0.317. The second-order valence-corrected chi connectivity index (χ2v) is 6.64. The summed E-state index contributed by atoms with van der Waals surface area (Å²) in [4.78, 5) is 4.21. The van der Waals surface area contributed by atoms with Crippen LogP contribution in [0.2, 0.25) is 0 Å². The molecule has 0 aliphatic heterocycles. The average Bonchev–Trinajstić information content (AvgIpc) is 3.12. The number of rotatable bonds is 8. The molecule has 0 bridgehead atoms. The van der Waals surface area contributed by atoms with Crippen molar-refractivity contribution in [3.63, 3.8) is 0 Å². The van der Waals surface area contributed by atoms with Crippen LogP contribution in [0.1, 0.15) is 18.2 Å². The van der Waals surface area contributed by atoms with Crippen LogP contribution >= 0.6 is 0 Å². The molecule has 0 aliphatic rings. The fourth-order valence-corrected chi connectivity index (χ4v) is 2.98. The molecule has 0 unspecified atom stereocenters. The number of nitrogens with zero attached hydrogens (tertiary/aromatic N) is 4. The fraction of sp³-hybridized carbons (Fsp3) is 0.125. The van der Waals surface area contributed by atoms with E-state index in [0.29, 0.717) is 24.1 Å². The van der Waals surface area contributed by atoms with Crippen molar-refractivity contribution in [3.05, 3.63) is 90.3 Å². The van der Waals surface area contributed by atoms with Gasteiger partial charge in [0.1, 0.15) is 17.3 Å². The Morgan fingerprint density at radius 1 is 0.968 bits per heavy atom. The first-order valence-electron chi connectivity index (χ1n) is 10.0. The van der Waals surface area contributed by atoms with Crippen LogP contribution < -0.4 is 14.9 Å². The highest BCUT2D eigenvalue weighted by atomic mass is 16.5. The Labute approximate surface area is 181 Å². The van der Waals surface area contributed by atoms with Gasteiger partial charge in [-0.2, -0.15) is 14.9 Å². The number of hydrazone groups is 1. The summed E-state index contributed by atoms with van der Waals surface area (Å²) in [6.45, 7) is 4.49. The van der Waals surface area contributed by atoms with Gasteiger partial charge in [-0.25, -0.2) is 4.98 Å². The first-order chi connectivity index (χ1) is 15.2. The number of anilines is 1. The number of aryl methyl sites for hydroxylation is 1. The zero-order valence-corrected chi connectivity index (χ0v) is 17.4. The van der Waals surface area contributed by atoms with Gasteiger partial charge < -0.3 is 9.47 Å². The summed E-state index contributed by atoms with van der Waals surface area (Å²) < 4.78 is 13.6. The molecule has 0 radical (unpaired) electrons. The molecule has 0 fully saturated rings. The monoisotopic (exact) mass is 413 g/mol. The summed E-state index contributed by atoms with van der Waals surface area (Å²) in [5, 5.41) is 9.01. The van der Waals surface area contributed by atoms with Gasteiger partial charge in [-0.05, 0) is 62.4 Å². The molecular weight excluding hydrogens is 390 g/mol. The molecule has 7 nitrogen and oxygen atoms in total.